The number of hydrogen-bond acceptors (Lipinski definition) is 8. The number of amides is 4. The van der Waals surface area contributed by atoms with Crippen LogP contribution in [-0.2, 0) is 36.8 Å². The number of rotatable bonds is 21. The largest absolute Gasteiger partial charge is 0.480 e. The van der Waals surface area contributed by atoms with Crippen LogP contribution in [0.25, 0.3) is 21.5 Å². The van der Waals surface area contributed by atoms with Gasteiger partial charge in [-0.15, -0.1) is 0 Å². The lowest BCUT2D eigenvalue weighted by Gasteiger charge is -2.26. The molecule has 0 saturated heterocycles. The lowest BCUT2D eigenvalue weighted by Crippen LogP contribution is -2.57. The number of carboxylic acids is 1. The van der Waals surface area contributed by atoms with E-state index < -0.39 is 60.3 Å². The fraction of sp³-hybridized carbons (Fsp3) is 0.341. The summed E-state index contributed by atoms with van der Waals surface area (Å²) in [7, 11) is 1.42. The summed E-state index contributed by atoms with van der Waals surface area (Å²) in [5, 5.41) is 41.9. The number of hydrogen-bond donors (Lipinski definition) is 11. The number of aliphatic carboxylic acids is 1. The minimum absolute atomic E-state index is 0.0165. The van der Waals surface area contributed by atoms with Crippen LogP contribution in [0.15, 0.2) is 84.9 Å². The average Bonchev–Trinajstić information content (AvgIpc) is 3.19. The zero-order valence-electron chi connectivity index (χ0n) is 32.4. The molecule has 0 aliphatic carbocycles. The fourth-order valence-corrected chi connectivity index (χ4v) is 6.44. The van der Waals surface area contributed by atoms with Gasteiger partial charge in [-0.25, -0.2) is 4.79 Å². The van der Waals surface area contributed by atoms with E-state index in [0.29, 0.717) is 24.1 Å². The maximum atomic E-state index is 14.1. The molecule has 0 saturated carbocycles. The van der Waals surface area contributed by atoms with Crippen molar-refractivity contribution in [1.82, 2.24) is 31.5 Å². The molecule has 0 heterocycles. The SMILES string of the molecule is CN(CC(=O)N[C@@H](Cc1ccc2ccccc2c1)C(=O)N[C@@H](CCCNC(=N)N)C(=O)N[C@@H](Cc1ccc2ccccc2c1)C(=O)O)C(=O)[C@@H](N)CCCNC(=N)N. The highest BCUT2D eigenvalue weighted by molar-refractivity contribution is 5.95. The molecule has 0 aliphatic rings. The van der Waals surface area contributed by atoms with Crippen LogP contribution in [0.3, 0.4) is 0 Å². The Hall–Kier alpha value is -6.75. The number of nitrogens with one attached hydrogen (secondary N) is 7. The van der Waals surface area contributed by atoms with Gasteiger partial charge in [0.1, 0.15) is 18.1 Å². The molecule has 0 spiro atoms. The highest BCUT2D eigenvalue weighted by Crippen LogP contribution is 2.19. The second-order valence-electron chi connectivity index (χ2n) is 14.1. The van der Waals surface area contributed by atoms with Gasteiger partial charge in [-0.3, -0.25) is 30.0 Å². The Kier molecular flexibility index (Phi) is 16.3. The molecule has 14 N–H and O–H groups in total. The van der Waals surface area contributed by atoms with Crippen LogP contribution in [0.2, 0.25) is 0 Å². The third-order valence-corrected chi connectivity index (χ3v) is 9.47. The van der Waals surface area contributed by atoms with Crippen LogP contribution in [0.5, 0.6) is 0 Å². The standard InChI is InChI=1S/C41H53N11O6/c1-52(38(56)31(42)12-6-18-47-40(43)44)24-35(53)49-33(22-25-14-16-27-8-2-4-10-29(27)20-25)37(55)50-32(13-7-19-48-41(45)46)36(54)51-34(39(57)58)23-26-15-17-28-9-3-5-11-30(28)21-26/h2-5,8-11,14-17,20-21,31-34H,6-7,12-13,18-19,22-24,42H2,1H3,(H,49,53)(H,50,55)(H,51,54)(H,57,58)(H4,43,44,47)(H4,45,46,48)/t31-,32-,33-,34-/m0/s1. The van der Waals surface area contributed by atoms with Crippen LogP contribution in [0.1, 0.15) is 36.8 Å². The molecule has 0 fully saturated rings. The van der Waals surface area contributed by atoms with Gasteiger partial charge in [0, 0.05) is 33.0 Å². The van der Waals surface area contributed by atoms with Gasteiger partial charge in [0.2, 0.25) is 23.6 Å². The third kappa shape index (κ3) is 13.8. The molecule has 308 valence electrons. The van der Waals surface area contributed by atoms with Gasteiger partial charge in [0.25, 0.3) is 0 Å². The number of carbonyl (C=O) groups is 5. The Morgan fingerprint density at radius 3 is 1.64 bits per heavy atom. The highest BCUT2D eigenvalue weighted by atomic mass is 16.4. The van der Waals surface area contributed by atoms with Crippen molar-refractivity contribution in [3.8, 4) is 0 Å². The predicted molar refractivity (Wildman–Crippen MR) is 223 cm³/mol. The lowest BCUT2D eigenvalue weighted by molar-refractivity contribution is -0.142. The lowest BCUT2D eigenvalue weighted by atomic mass is 10.00. The molecule has 0 aromatic heterocycles. The van der Waals surface area contributed by atoms with E-state index in [2.05, 4.69) is 26.6 Å². The molecule has 17 nitrogen and oxygen atoms in total. The monoisotopic (exact) mass is 795 g/mol. The molecular formula is C41H53N11O6. The molecule has 0 radical (unpaired) electrons. The van der Waals surface area contributed by atoms with Crippen LogP contribution in [0.4, 0.5) is 0 Å². The van der Waals surface area contributed by atoms with Gasteiger partial charge >= 0.3 is 5.97 Å². The second kappa shape index (κ2) is 21.5. The number of nitrogens with two attached hydrogens (primary N) is 3. The van der Waals surface area contributed by atoms with Crippen molar-refractivity contribution in [1.29, 1.82) is 10.8 Å². The first-order valence-electron chi connectivity index (χ1n) is 18.9. The van der Waals surface area contributed by atoms with Crippen LogP contribution >= 0.6 is 0 Å². The summed E-state index contributed by atoms with van der Waals surface area (Å²) in [5.74, 6) is -4.37. The van der Waals surface area contributed by atoms with E-state index in [1.54, 1.807) is 6.07 Å². The van der Waals surface area contributed by atoms with Crippen LogP contribution < -0.4 is 43.8 Å². The van der Waals surface area contributed by atoms with Crippen molar-refractivity contribution in [3.63, 3.8) is 0 Å². The predicted octanol–water partition coefficient (Wildman–Crippen LogP) is 0.629. The summed E-state index contributed by atoms with van der Waals surface area (Å²) < 4.78 is 0. The van der Waals surface area contributed by atoms with Crippen molar-refractivity contribution in [2.24, 2.45) is 17.2 Å². The number of likely N-dealkylation sites (N-methyl/N-ethyl adjacent to an activating group) is 1. The Bertz CT molecular complexity index is 2110. The summed E-state index contributed by atoms with van der Waals surface area (Å²) in [6.45, 7) is 0.122. The van der Waals surface area contributed by atoms with Gasteiger partial charge < -0.3 is 53.8 Å². The number of benzene rings is 4. The topological polar surface area (TPSA) is 295 Å². The first-order chi connectivity index (χ1) is 27.7. The van der Waals surface area contributed by atoms with Crippen LogP contribution in [0, 0.1) is 10.8 Å². The number of fused-ring (bicyclic) bond motifs is 2. The highest BCUT2D eigenvalue weighted by Gasteiger charge is 2.30. The molecule has 4 amide bonds. The van der Waals surface area contributed by atoms with E-state index in [9.17, 15) is 29.1 Å². The second-order valence-corrected chi connectivity index (χ2v) is 14.1. The zero-order valence-corrected chi connectivity index (χ0v) is 32.4. The van der Waals surface area contributed by atoms with E-state index in [0.717, 1.165) is 26.4 Å². The molecule has 4 aromatic carbocycles. The number of carbonyl (C=O) groups excluding carboxylic acids is 4. The molecule has 0 bridgehead atoms. The summed E-state index contributed by atoms with van der Waals surface area (Å²) in [5.41, 5.74) is 18.2. The average molecular weight is 796 g/mol. The van der Waals surface area contributed by atoms with E-state index in [1.165, 1.54) is 7.05 Å². The summed E-state index contributed by atoms with van der Waals surface area (Å²) >= 11 is 0. The Balaban J connectivity index is 1.52. The number of guanidine groups is 2. The van der Waals surface area contributed by atoms with Crippen LogP contribution in [-0.4, -0.2) is 102 Å². The van der Waals surface area contributed by atoms with Crippen molar-refractivity contribution < 1.29 is 29.1 Å². The molecule has 4 rings (SSSR count). The van der Waals surface area contributed by atoms with Gasteiger partial charge in [-0.2, -0.15) is 0 Å². The number of nitrogens with zero attached hydrogens (tertiary/aromatic N) is 1. The van der Waals surface area contributed by atoms with E-state index in [-0.39, 0.29) is 50.6 Å². The summed E-state index contributed by atoms with van der Waals surface area (Å²) in [4.78, 5) is 68.0. The third-order valence-electron chi connectivity index (χ3n) is 9.47. The quantitative estimate of drug-likeness (QED) is 0.0316. The maximum absolute atomic E-state index is 14.1. The normalized spacial score (nSPS) is 13.0. The van der Waals surface area contributed by atoms with E-state index in [4.69, 9.17) is 28.0 Å². The minimum Gasteiger partial charge on any atom is -0.480 e. The molecular weight excluding hydrogens is 743 g/mol. The molecule has 0 aliphatic heterocycles. The van der Waals surface area contributed by atoms with Gasteiger partial charge in [-0.05, 0) is 58.4 Å². The smallest absolute Gasteiger partial charge is 0.326 e. The van der Waals surface area contributed by atoms with Gasteiger partial charge in [0.15, 0.2) is 11.9 Å². The van der Waals surface area contributed by atoms with Gasteiger partial charge in [0.05, 0.1) is 12.6 Å². The Morgan fingerprint density at radius 2 is 1.12 bits per heavy atom. The van der Waals surface area contributed by atoms with Crippen molar-refractivity contribution in [3.05, 3.63) is 96.1 Å². The van der Waals surface area contributed by atoms with Gasteiger partial charge in [-0.1, -0.05) is 84.9 Å². The fourth-order valence-electron chi connectivity index (χ4n) is 6.44. The first kappa shape index (κ1) is 44.0. The summed E-state index contributed by atoms with van der Waals surface area (Å²) in [6.07, 6.45) is 1.02. The maximum Gasteiger partial charge on any atom is 0.326 e. The summed E-state index contributed by atoms with van der Waals surface area (Å²) in [6, 6.07) is 21.7. The van der Waals surface area contributed by atoms with Crippen molar-refractivity contribution >= 4 is 63.1 Å². The number of carboxylic acid groups (broad SMARTS) is 1. The zero-order chi connectivity index (χ0) is 42.2. The molecule has 4 aromatic rings. The molecule has 0 unspecified atom stereocenters. The molecule has 4 atom stereocenters. The first-order valence-corrected chi connectivity index (χ1v) is 18.9. The van der Waals surface area contributed by atoms with Crippen molar-refractivity contribution in [2.45, 2.75) is 62.7 Å². The Morgan fingerprint density at radius 1 is 0.655 bits per heavy atom. The van der Waals surface area contributed by atoms with E-state index in [1.807, 2.05) is 78.9 Å². The Labute approximate surface area is 336 Å². The van der Waals surface area contributed by atoms with E-state index >= 15 is 0 Å². The molecule has 58 heavy (non-hydrogen) atoms. The minimum atomic E-state index is -1.33. The van der Waals surface area contributed by atoms with Crippen molar-refractivity contribution in [2.75, 3.05) is 26.7 Å². The molecule has 17 heteroatoms.